The van der Waals surface area contributed by atoms with Crippen LogP contribution in [0.3, 0.4) is 0 Å². The van der Waals surface area contributed by atoms with E-state index in [0.29, 0.717) is 0 Å². The van der Waals surface area contributed by atoms with Gasteiger partial charge in [0.1, 0.15) is 0 Å². The molecule has 0 aliphatic heterocycles. The molecule has 2 heteroatoms. The maximum atomic E-state index is 2.40. The van der Waals surface area contributed by atoms with Crippen LogP contribution in [-0.2, 0) is 6.42 Å². The van der Waals surface area contributed by atoms with Crippen molar-refractivity contribution in [1.82, 2.24) is 0 Å². The van der Waals surface area contributed by atoms with Gasteiger partial charge >= 0.3 is 0 Å². The van der Waals surface area contributed by atoms with Crippen LogP contribution >= 0.6 is 22.6 Å². The fourth-order valence-corrected chi connectivity index (χ4v) is 2.28. The Hall–Kier alpha value is 0.167. The Labute approximate surface area is 85.0 Å². The monoisotopic (exact) mass is 276 g/mol. The summed E-state index contributed by atoms with van der Waals surface area (Å²) in [5.74, 6) is 0. The largest absolute Gasteiger partial charge is 0.0619 e. The zero-order valence-corrected chi connectivity index (χ0v) is 11.2. The summed E-state index contributed by atoms with van der Waals surface area (Å²) < 4.78 is 1.40. The van der Waals surface area contributed by atoms with Crippen LogP contribution in [0.4, 0.5) is 0 Å². The van der Waals surface area contributed by atoms with E-state index < -0.39 is 0 Å². The molecule has 0 nitrogen and oxygen atoms in total. The van der Waals surface area contributed by atoms with Gasteiger partial charge in [0.2, 0.25) is 0 Å². The van der Waals surface area contributed by atoms with Crippen molar-refractivity contribution >= 4 is 32.8 Å². The molecule has 0 amide bonds. The summed E-state index contributed by atoms with van der Waals surface area (Å²) in [4.78, 5) is 0. The minimum Gasteiger partial charge on any atom is -0.0619 e. The van der Waals surface area contributed by atoms with E-state index in [1.54, 1.807) is 0 Å². The Morgan fingerprint density at radius 3 is 2.82 bits per heavy atom. The second-order valence-corrected chi connectivity index (χ2v) is 4.94. The van der Waals surface area contributed by atoms with E-state index in [4.69, 9.17) is 0 Å². The molecule has 0 unspecified atom stereocenters. The van der Waals surface area contributed by atoms with E-state index in [1.165, 1.54) is 37.4 Å². The number of benzene rings is 1. The van der Waals surface area contributed by atoms with Crippen LogP contribution in [0.2, 0.25) is 6.04 Å². The first-order valence-corrected chi connectivity index (χ1v) is 6.49. The van der Waals surface area contributed by atoms with Gasteiger partial charge in [-0.15, -0.1) is 0 Å². The minimum absolute atomic E-state index is 1.27. The number of halogens is 1. The molecule has 0 atom stereocenters. The summed E-state index contributed by atoms with van der Waals surface area (Å²) >= 11 is 2.40. The normalized spacial score (nSPS) is 10.4. The molecule has 0 spiro atoms. The average Bonchev–Trinajstić information content (AvgIpc) is 1.99. The molecule has 0 saturated heterocycles. The Bertz CT molecular complexity index is 245. The number of hydrogen-bond acceptors (Lipinski definition) is 0. The molecule has 11 heavy (non-hydrogen) atoms. The standard InChI is InChI=1S/C9H13ISi/c1-7-8(5-6-11)3-2-4-9(7)10/h2-4H,5-6H2,1,11H3. The highest BCUT2D eigenvalue weighted by Crippen LogP contribution is 2.16. The van der Waals surface area contributed by atoms with Gasteiger partial charge in [-0.3, -0.25) is 0 Å². The smallest absolute Gasteiger partial charge is 0.0162 e. The Balaban J connectivity index is 2.96. The molecular formula is C9H13ISi. The third-order valence-corrected chi connectivity index (χ3v) is 3.57. The van der Waals surface area contributed by atoms with Crippen LogP contribution < -0.4 is 0 Å². The van der Waals surface area contributed by atoms with Crippen molar-refractivity contribution in [3.63, 3.8) is 0 Å². The molecule has 0 aromatic heterocycles. The first-order chi connectivity index (χ1) is 5.25. The van der Waals surface area contributed by atoms with E-state index in [2.05, 4.69) is 47.7 Å². The van der Waals surface area contributed by atoms with E-state index >= 15 is 0 Å². The molecule has 0 heterocycles. The topological polar surface area (TPSA) is 0 Å². The maximum Gasteiger partial charge on any atom is 0.0162 e. The fraction of sp³-hybridized carbons (Fsp3) is 0.333. The quantitative estimate of drug-likeness (QED) is 0.572. The van der Waals surface area contributed by atoms with E-state index in [9.17, 15) is 0 Å². The van der Waals surface area contributed by atoms with Crippen molar-refractivity contribution in [3.8, 4) is 0 Å². The van der Waals surface area contributed by atoms with Crippen molar-refractivity contribution in [2.45, 2.75) is 19.4 Å². The van der Waals surface area contributed by atoms with E-state index in [1.807, 2.05) is 0 Å². The molecule has 0 N–H and O–H groups in total. The summed E-state index contributed by atoms with van der Waals surface area (Å²) in [5, 5.41) is 0. The van der Waals surface area contributed by atoms with Crippen molar-refractivity contribution in [2.75, 3.05) is 0 Å². The van der Waals surface area contributed by atoms with Gasteiger partial charge in [-0.25, -0.2) is 0 Å². The summed E-state index contributed by atoms with van der Waals surface area (Å²) in [6.45, 7) is 2.22. The Morgan fingerprint density at radius 2 is 2.18 bits per heavy atom. The number of hydrogen-bond donors (Lipinski definition) is 0. The third-order valence-electron chi connectivity index (χ3n) is 1.90. The van der Waals surface area contributed by atoms with Crippen LogP contribution in [0.1, 0.15) is 11.1 Å². The van der Waals surface area contributed by atoms with Gasteiger partial charge in [-0.1, -0.05) is 18.2 Å². The molecular weight excluding hydrogens is 263 g/mol. The number of aryl methyl sites for hydroxylation is 1. The van der Waals surface area contributed by atoms with E-state index in [0.717, 1.165) is 0 Å². The van der Waals surface area contributed by atoms with Crippen LogP contribution in [0.5, 0.6) is 0 Å². The average molecular weight is 276 g/mol. The zero-order valence-electron chi connectivity index (χ0n) is 7.02. The van der Waals surface area contributed by atoms with Crippen molar-refractivity contribution < 1.29 is 0 Å². The molecule has 0 fully saturated rings. The predicted molar refractivity (Wildman–Crippen MR) is 62.3 cm³/mol. The van der Waals surface area contributed by atoms with Gasteiger partial charge in [0.05, 0.1) is 0 Å². The lowest BCUT2D eigenvalue weighted by Gasteiger charge is -2.04. The van der Waals surface area contributed by atoms with Gasteiger partial charge in [0, 0.05) is 13.8 Å². The van der Waals surface area contributed by atoms with Gasteiger partial charge in [0.25, 0.3) is 0 Å². The first kappa shape index (κ1) is 9.26. The molecule has 60 valence electrons. The van der Waals surface area contributed by atoms with Gasteiger partial charge < -0.3 is 0 Å². The highest BCUT2D eigenvalue weighted by Gasteiger charge is 1.98. The number of rotatable bonds is 2. The minimum atomic E-state index is 1.27. The predicted octanol–water partition coefficient (Wildman–Crippen LogP) is 1.93. The molecule has 1 rings (SSSR count). The SMILES string of the molecule is Cc1c(I)cccc1CC[SiH3]. The first-order valence-electron chi connectivity index (χ1n) is 3.99. The van der Waals surface area contributed by atoms with Crippen LogP contribution in [0.15, 0.2) is 18.2 Å². The molecule has 0 aliphatic rings. The Morgan fingerprint density at radius 1 is 1.45 bits per heavy atom. The molecule has 0 bridgehead atoms. The van der Waals surface area contributed by atoms with Gasteiger partial charge in [-0.05, 0) is 53.1 Å². The Kier molecular flexibility index (Phi) is 3.58. The van der Waals surface area contributed by atoms with Crippen LogP contribution in [-0.4, -0.2) is 10.2 Å². The second kappa shape index (κ2) is 4.26. The second-order valence-electron chi connectivity index (χ2n) is 2.77. The van der Waals surface area contributed by atoms with E-state index in [-0.39, 0.29) is 0 Å². The van der Waals surface area contributed by atoms with Crippen LogP contribution in [0.25, 0.3) is 0 Å². The molecule has 0 aliphatic carbocycles. The summed E-state index contributed by atoms with van der Waals surface area (Å²) in [6, 6.07) is 7.95. The lowest BCUT2D eigenvalue weighted by atomic mass is 10.1. The third kappa shape index (κ3) is 2.30. The molecule has 0 saturated carbocycles. The van der Waals surface area contributed by atoms with Crippen LogP contribution in [0, 0.1) is 10.5 Å². The maximum absolute atomic E-state index is 2.40. The van der Waals surface area contributed by atoms with Crippen molar-refractivity contribution in [3.05, 3.63) is 32.9 Å². The summed E-state index contributed by atoms with van der Waals surface area (Å²) in [6.07, 6.45) is 1.27. The molecule has 1 aromatic rings. The fourth-order valence-electron chi connectivity index (χ4n) is 1.19. The highest BCUT2D eigenvalue weighted by atomic mass is 127. The van der Waals surface area contributed by atoms with Gasteiger partial charge in [-0.2, -0.15) is 0 Å². The molecule has 1 aromatic carbocycles. The van der Waals surface area contributed by atoms with Crippen molar-refractivity contribution in [2.24, 2.45) is 0 Å². The lowest BCUT2D eigenvalue weighted by Crippen LogP contribution is -1.90. The lowest BCUT2D eigenvalue weighted by molar-refractivity contribution is 1.10. The summed E-state index contributed by atoms with van der Waals surface area (Å²) in [5.41, 5.74) is 3.01. The van der Waals surface area contributed by atoms with Crippen molar-refractivity contribution in [1.29, 1.82) is 0 Å². The summed E-state index contributed by atoms with van der Waals surface area (Å²) in [7, 11) is 1.32. The molecule has 0 radical (unpaired) electrons. The van der Waals surface area contributed by atoms with Gasteiger partial charge in [0.15, 0.2) is 0 Å². The highest BCUT2D eigenvalue weighted by molar-refractivity contribution is 14.1. The zero-order chi connectivity index (χ0) is 8.27.